The molecule has 0 aliphatic rings. The lowest BCUT2D eigenvalue weighted by Crippen LogP contribution is -2.27. The van der Waals surface area contributed by atoms with Gasteiger partial charge in [-0.1, -0.05) is 31.5 Å². The highest BCUT2D eigenvalue weighted by molar-refractivity contribution is 6.33. The first-order valence-corrected chi connectivity index (χ1v) is 6.15. The van der Waals surface area contributed by atoms with Gasteiger partial charge in [0.1, 0.15) is 10.7 Å². The van der Waals surface area contributed by atoms with Crippen molar-refractivity contribution in [2.24, 2.45) is 5.92 Å². The van der Waals surface area contributed by atoms with E-state index >= 15 is 0 Å². The Morgan fingerprint density at radius 1 is 1.50 bits per heavy atom. The predicted octanol–water partition coefficient (Wildman–Crippen LogP) is 3.07. The molecule has 1 aromatic rings. The Hall–Kier alpha value is -1.33. The summed E-state index contributed by atoms with van der Waals surface area (Å²) < 4.78 is 0. The summed E-state index contributed by atoms with van der Waals surface area (Å²) in [6.07, 6.45) is 0.529. The first kappa shape index (κ1) is 14.7. The smallest absolute Gasteiger partial charge is 0.310 e. The molecule has 100 valence electrons. The van der Waals surface area contributed by atoms with Crippen molar-refractivity contribution in [1.82, 2.24) is 0 Å². The number of aliphatic hydroxyl groups excluding tert-OH is 1. The van der Waals surface area contributed by atoms with Crippen molar-refractivity contribution < 1.29 is 10.0 Å². The Balaban J connectivity index is 3.02. The first-order chi connectivity index (χ1) is 8.47. The van der Waals surface area contributed by atoms with Crippen LogP contribution in [0.4, 0.5) is 11.4 Å². The van der Waals surface area contributed by atoms with E-state index in [1.807, 2.05) is 13.8 Å². The van der Waals surface area contributed by atoms with Crippen molar-refractivity contribution in [3.05, 3.63) is 33.3 Å². The number of anilines is 1. The molecule has 1 atom stereocenters. The van der Waals surface area contributed by atoms with Crippen molar-refractivity contribution >= 4 is 23.0 Å². The van der Waals surface area contributed by atoms with Gasteiger partial charge in [0.05, 0.1) is 4.92 Å². The van der Waals surface area contributed by atoms with E-state index in [-0.39, 0.29) is 29.3 Å². The summed E-state index contributed by atoms with van der Waals surface area (Å²) in [5.41, 5.74) is 0.266. The standard InChI is InChI=1S/C12H17ClN2O3/c1-8(2)10(6-7-16)14-11-5-3-4-9(13)12(11)15(17)18/h3-5,8,10,14,16H,6-7H2,1-2H3. The van der Waals surface area contributed by atoms with Crippen LogP contribution in [0.3, 0.4) is 0 Å². The van der Waals surface area contributed by atoms with E-state index in [0.717, 1.165) is 0 Å². The summed E-state index contributed by atoms with van der Waals surface area (Å²) in [5.74, 6) is 0.246. The number of benzene rings is 1. The minimum absolute atomic E-state index is 0.0320. The van der Waals surface area contributed by atoms with E-state index in [1.54, 1.807) is 12.1 Å². The summed E-state index contributed by atoms with van der Waals surface area (Å²) in [4.78, 5) is 10.5. The molecule has 0 fully saturated rings. The number of aliphatic hydroxyl groups is 1. The molecule has 6 heteroatoms. The number of nitro benzene ring substituents is 1. The quantitative estimate of drug-likeness (QED) is 0.616. The second-order valence-electron chi connectivity index (χ2n) is 4.40. The Kier molecular flexibility index (Phi) is 5.37. The second kappa shape index (κ2) is 6.56. The van der Waals surface area contributed by atoms with Gasteiger partial charge in [-0.2, -0.15) is 0 Å². The average molecular weight is 273 g/mol. The molecule has 0 aliphatic heterocycles. The third kappa shape index (κ3) is 3.58. The number of nitrogens with zero attached hydrogens (tertiary/aromatic N) is 1. The summed E-state index contributed by atoms with van der Waals surface area (Å²) in [6.45, 7) is 4.01. The third-order valence-corrected chi connectivity index (χ3v) is 3.06. The van der Waals surface area contributed by atoms with Gasteiger partial charge in [0.15, 0.2) is 0 Å². The molecule has 0 saturated heterocycles. The maximum Gasteiger partial charge on any atom is 0.310 e. The molecule has 0 saturated carbocycles. The molecule has 0 aromatic heterocycles. The fraction of sp³-hybridized carbons (Fsp3) is 0.500. The van der Waals surface area contributed by atoms with E-state index in [1.165, 1.54) is 6.07 Å². The van der Waals surface area contributed by atoms with E-state index in [2.05, 4.69) is 5.32 Å². The topological polar surface area (TPSA) is 75.4 Å². The van der Waals surface area contributed by atoms with Crippen LogP contribution in [-0.4, -0.2) is 22.7 Å². The van der Waals surface area contributed by atoms with Gasteiger partial charge in [0, 0.05) is 12.6 Å². The summed E-state index contributed by atoms with van der Waals surface area (Å²) in [5, 5.41) is 23.2. The lowest BCUT2D eigenvalue weighted by molar-refractivity contribution is -0.383. The van der Waals surface area contributed by atoms with Gasteiger partial charge >= 0.3 is 5.69 Å². The van der Waals surface area contributed by atoms with Crippen LogP contribution in [0.2, 0.25) is 5.02 Å². The Labute approximate surface area is 111 Å². The van der Waals surface area contributed by atoms with Crippen molar-refractivity contribution in [3.63, 3.8) is 0 Å². The second-order valence-corrected chi connectivity index (χ2v) is 4.81. The number of nitrogens with one attached hydrogen (secondary N) is 1. The molecule has 1 unspecified atom stereocenters. The fourth-order valence-corrected chi connectivity index (χ4v) is 1.97. The highest BCUT2D eigenvalue weighted by atomic mass is 35.5. The number of hydrogen-bond donors (Lipinski definition) is 2. The molecule has 2 N–H and O–H groups in total. The number of hydrogen-bond acceptors (Lipinski definition) is 4. The molecule has 1 rings (SSSR count). The van der Waals surface area contributed by atoms with Gasteiger partial charge in [0.25, 0.3) is 0 Å². The number of rotatable bonds is 6. The molecule has 0 aliphatic carbocycles. The minimum Gasteiger partial charge on any atom is -0.396 e. The van der Waals surface area contributed by atoms with Gasteiger partial charge in [0.2, 0.25) is 0 Å². The van der Waals surface area contributed by atoms with Crippen LogP contribution < -0.4 is 5.32 Å². The van der Waals surface area contributed by atoms with Crippen molar-refractivity contribution in [2.45, 2.75) is 26.3 Å². The van der Waals surface area contributed by atoms with Crippen LogP contribution in [0.1, 0.15) is 20.3 Å². The monoisotopic (exact) mass is 272 g/mol. The zero-order chi connectivity index (χ0) is 13.7. The third-order valence-electron chi connectivity index (χ3n) is 2.76. The number of nitro groups is 1. The molecular formula is C12H17ClN2O3. The number of para-hydroxylation sites is 1. The number of halogens is 1. The van der Waals surface area contributed by atoms with Crippen LogP contribution in [-0.2, 0) is 0 Å². The zero-order valence-electron chi connectivity index (χ0n) is 10.4. The molecule has 18 heavy (non-hydrogen) atoms. The van der Waals surface area contributed by atoms with E-state index in [4.69, 9.17) is 16.7 Å². The van der Waals surface area contributed by atoms with Crippen molar-refractivity contribution in [3.8, 4) is 0 Å². The van der Waals surface area contributed by atoms with Crippen molar-refractivity contribution in [1.29, 1.82) is 0 Å². The molecule has 0 heterocycles. The minimum atomic E-state index is -0.499. The fourth-order valence-electron chi connectivity index (χ4n) is 1.73. The summed E-state index contributed by atoms with van der Waals surface area (Å²) >= 11 is 5.83. The largest absolute Gasteiger partial charge is 0.396 e. The highest BCUT2D eigenvalue weighted by Gasteiger charge is 2.21. The summed E-state index contributed by atoms with van der Waals surface area (Å²) in [6, 6.07) is 4.73. The van der Waals surface area contributed by atoms with Crippen LogP contribution in [0.25, 0.3) is 0 Å². The van der Waals surface area contributed by atoms with Crippen LogP contribution in [0.15, 0.2) is 18.2 Å². The molecule has 0 radical (unpaired) electrons. The lowest BCUT2D eigenvalue weighted by Gasteiger charge is -2.22. The molecule has 1 aromatic carbocycles. The SMILES string of the molecule is CC(C)C(CCO)Nc1cccc(Cl)c1[N+](=O)[O-]. The van der Waals surface area contributed by atoms with Crippen LogP contribution in [0.5, 0.6) is 0 Å². The maximum atomic E-state index is 11.0. The molecule has 0 bridgehead atoms. The molecule has 0 amide bonds. The van der Waals surface area contributed by atoms with Crippen molar-refractivity contribution in [2.75, 3.05) is 11.9 Å². The van der Waals surface area contributed by atoms with Gasteiger partial charge < -0.3 is 10.4 Å². The molecule has 5 nitrogen and oxygen atoms in total. The molecular weight excluding hydrogens is 256 g/mol. The van der Waals surface area contributed by atoms with Gasteiger partial charge in [-0.15, -0.1) is 0 Å². The predicted molar refractivity (Wildman–Crippen MR) is 72.1 cm³/mol. The van der Waals surface area contributed by atoms with Crippen LogP contribution >= 0.6 is 11.6 Å². The van der Waals surface area contributed by atoms with Gasteiger partial charge in [-0.05, 0) is 24.5 Å². The Morgan fingerprint density at radius 3 is 2.67 bits per heavy atom. The van der Waals surface area contributed by atoms with E-state index < -0.39 is 4.92 Å². The Morgan fingerprint density at radius 2 is 2.17 bits per heavy atom. The summed E-state index contributed by atoms with van der Waals surface area (Å²) in [7, 11) is 0. The van der Waals surface area contributed by atoms with Crippen LogP contribution in [0, 0.1) is 16.0 Å². The normalized spacial score (nSPS) is 12.5. The van der Waals surface area contributed by atoms with Gasteiger partial charge in [-0.3, -0.25) is 10.1 Å². The maximum absolute atomic E-state index is 11.0. The molecule has 0 spiro atoms. The zero-order valence-corrected chi connectivity index (χ0v) is 11.1. The van der Waals surface area contributed by atoms with Gasteiger partial charge in [-0.25, -0.2) is 0 Å². The first-order valence-electron chi connectivity index (χ1n) is 5.77. The lowest BCUT2D eigenvalue weighted by atomic mass is 10.0. The highest BCUT2D eigenvalue weighted by Crippen LogP contribution is 2.33. The van der Waals surface area contributed by atoms with E-state index in [9.17, 15) is 10.1 Å². The average Bonchev–Trinajstić information content (AvgIpc) is 2.27. The van der Waals surface area contributed by atoms with E-state index in [0.29, 0.717) is 12.1 Å². The Bertz CT molecular complexity index is 424.